The van der Waals surface area contributed by atoms with Crippen molar-refractivity contribution < 1.29 is 23.1 Å². The van der Waals surface area contributed by atoms with E-state index in [1.54, 1.807) is 4.90 Å². The fourth-order valence-corrected chi connectivity index (χ4v) is 3.02. The van der Waals surface area contributed by atoms with Gasteiger partial charge in [-0.25, -0.2) is 0 Å². The third kappa shape index (κ3) is 4.31. The molecular formula is C14H16F3NO2S. The number of halogens is 3. The molecule has 0 aromatic carbocycles. The van der Waals surface area contributed by atoms with Crippen molar-refractivity contribution in [2.75, 3.05) is 19.7 Å². The number of hydrogen-bond acceptors (Lipinski definition) is 3. The van der Waals surface area contributed by atoms with E-state index in [9.17, 15) is 18.0 Å². The summed E-state index contributed by atoms with van der Waals surface area (Å²) in [6.07, 6.45) is 0.0749. The summed E-state index contributed by atoms with van der Waals surface area (Å²) in [7, 11) is 0. The van der Waals surface area contributed by atoms with Gasteiger partial charge >= 0.3 is 6.18 Å². The van der Waals surface area contributed by atoms with Crippen molar-refractivity contribution in [1.82, 2.24) is 4.90 Å². The average molecular weight is 319 g/mol. The summed E-state index contributed by atoms with van der Waals surface area (Å²) in [6, 6.07) is 1.03. The number of carbonyl (C=O) groups is 1. The maximum absolute atomic E-state index is 12.5. The Morgan fingerprint density at radius 1 is 1.52 bits per heavy atom. The van der Waals surface area contributed by atoms with Crippen molar-refractivity contribution in [2.45, 2.75) is 19.0 Å². The Labute approximate surface area is 124 Å². The molecule has 21 heavy (non-hydrogen) atoms. The lowest BCUT2D eigenvalue weighted by Gasteiger charge is -2.31. The standard InChI is InChI=1S/C14H16F3NO2S/c15-14(16,17)12-6-10(9-21-12)3-4-13(20)18-5-1-2-11(7-18)8-19/h3-4,6,9,11,19H,1-2,5,7-8H2. The molecule has 1 fully saturated rings. The van der Waals surface area contributed by atoms with Gasteiger partial charge in [0.15, 0.2) is 0 Å². The number of alkyl halides is 3. The molecule has 2 rings (SSSR count). The third-order valence-electron chi connectivity index (χ3n) is 3.41. The van der Waals surface area contributed by atoms with Crippen LogP contribution in [0.25, 0.3) is 6.08 Å². The van der Waals surface area contributed by atoms with Gasteiger partial charge in [-0.3, -0.25) is 4.79 Å². The van der Waals surface area contributed by atoms with Crippen LogP contribution in [0.5, 0.6) is 0 Å². The number of nitrogens with zero attached hydrogens (tertiary/aromatic N) is 1. The lowest BCUT2D eigenvalue weighted by atomic mass is 9.99. The van der Waals surface area contributed by atoms with Crippen LogP contribution in [0.4, 0.5) is 13.2 Å². The maximum Gasteiger partial charge on any atom is 0.425 e. The topological polar surface area (TPSA) is 40.5 Å². The summed E-state index contributed by atoms with van der Waals surface area (Å²) >= 11 is 0.614. The Bertz CT molecular complexity index is 525. The van der Waals surface area contributed by atoms with Crippen molar-refractivity contribution in [3.63, 3.8) is 0 Å². The molecular weight excluding hydrogens is 303 g/mol. The SMILES string of the molecule is O=C(C=Cc1csc(C(F)(F)F)c1)N1CCCC(CO)C1. The van der Waals surface area contributed by atoms with E-state index in [0.29, 0.717) is 30.0 Å². The first-order valence-corrected chi connectivity index (χ1v) is 7.51. The Morgan fingerprint density at radius 3 is 2.90 bits per heavy atom. The molecule has 0 radical (unpaired) electrons. The van der Waals surface area contributed by atoms with Crippen LogP contribution in [0.1, 0.15) is 23.3 Å². The van der Waals surface area contributed by atoms with E-state index in [1.165, 1.54) is 17.5 Å². The van der Waals surface area contributed by atoms with Gasteiger partial charge in [-0.2, -0.15) is 13.2 Å². The van der Waals surface area contributed by atoms with Gasteiger partial charge in [0.1, 0.15) is 4.88 Å². The number of piperidine rings is 1. The zero-order valence-corrected chi connectivity index (χ0v) is 12.1. The first kappa shape index (κ1) is 16.0. The molecule has 1 amide bonds. The molecule has 1 N–H and O–H groups in total. The molecule has 1 aromatic heterocycles. The second-order valence-electron chi connectivity index (χ2n) is 5.05. The van der Waals surface area contributed by atoms with Gasteiger partial charge in [-0.05, 0) is 41.8 Å². The smallest absolute Gasteiger partial charge is 0.396 e. The van der Waals surface area contributed by atoms with Crippen LogP contribution in [0.15, 0.2) is 17.5 Å². The quantitative estimate of drug-likeness (QED) is 0.870. The van der Waals surface area contributed by atoms with Gasteiger partial charge in [0.25, 0.3) is 0 Å². The number of amides is 1. The van der Waals surface area contributed by atoms with Crippen LogP contribution in [0, 0.1) is 5.92 Å². The molecule has 116 valence electrons. The number of carbonyl (C=O) groups excluding carboxylic acids is 1. The zero-order chi connectivity index (χ0) is 15.5. The van der Waals surface area contributed by atoms with E-state index in [4.69, 9.17) is 5.11 Å². The predicted molar refractivity (Wildman–Crippen MR) is 74.7 cm³/mol. The van der Waals surface area contributed by atoms with Gasteiger partial charge in [-0.1, -0.05) is 0 Å². The summed E-state index contributed by atoms with van der Waals surface area (Å²) in [5, 5.41) is 10.5. The minimum Gasteiger partial charge on any atom is -0.396 e. The molecule has 1 saturated heterocycles. The molecule has 0 saturated carbocycles. The van der Waals surface area contributed by atoms with Crippen LogP contribution in [-0.4, -0.2) is 35.6 Å². The van der Waals surface area contributed by atoms with Crippen molar-refractivity contribution >= 4 is 23.3 Å². The summed E-state index contributed by atoms with van der Waals surface area (Å²) in [4.78, 5) is 12.9. The van der Waals surface area contributed by atoms with E-state index < -0.39 is 11.1 Å². The maximum atomic E-state index is 12.5. The van der Waals surface area contributed by atoms with E-state index >= 15 is 0 Å². The van der Waals surface area contributed by atoms with Gasteiger partial charge < -0.3 is 10.0 Å². The fraction of sp³-hybridized carbons (Fsp3) is 0.500. The second kappa shape index (κ2) is 6.62. The zero-order valence-electron chi connectivity index (χ0n) is 11.3. The monoisotopic (exact) mass is 319 g/mol. The number of hydrogen-bond donors (Lipinski definition) is 1. The Kier molecular flexibility index (Phi) is 5.05. The summed E-state index contributed by atoms with van der Waals surface area (Å²) < 4.78 is 37.4. The first-order chi connectivity index (χ1) is 9.90. The Hall–Kier alpha value is -1.34. The highest BCUT2D eigenvalue weighted by Crippen LogP contribution is 2.34. The number of likely N-dealkylation sites (tertiary alicyclic amines) is 1. The van der Waals surface area contributed by atoms with E-state index in [-0.39, 0.29) is 18.4 Å². The number of rotatable bonds is 3. The molecule has 2 heterocycles. The van der Waals surface area contributed by atoms with Gasteiger partial charge in [0, 0.05) is 25.8 Å². The highest BCUT2D eigenvalue weighted by Gasteiger charge is 2.32. The molecule has 1 unspecified atom stereocenters. The van der Waals surface area contributed by atoms with E-state index in [1.807, 2.05) is 0 Å². The molecule has 1 aliphatic heterocycles. The van der Waals surface area contributed by atoms with Crippen molar-refractivity contribution in [2.24, 2.45) is 5.92 Å². The first-order valence-electron chi connectivity index (χ1n) is 6.63. The van der Waals surface area contributed by atoms with Crippen LogP contribution in [0.3, 0.4) is 0 Å². The lowest BCUT2D eigenvalue weighted by molar-refractivity contribution is -0.134. The summed E-state index contributed by atoms with van der Waals surface area (Å²) in [5.41, 5.74) is 0.372. The number of thiophene rings is 1. The van der Waals surface area contributed by atoms with E-state index in [2.05, 4.69) is 0 Å². The number of aliphatic hydroxyl groups excluding tert-OH is 1. The van der Waals surface area contributed by atoms with Gasteiger partial charge in [-0.15, -0.1) is 11.3 Å². The molecule has 0 spiro atoms. The predicted octanol–water partition coefficient (Wildman–Crippen LogP) is 3.01. The highest BCUT2D eigenvalue weighted by molar-refractivity contribution is 7.10. The molecule has 1 aromatic rings. The van der Waals surface area contributed by atoms with Crippen LogP contribution in [0.2, 0.25) is 0 Å². The minimum absolute atomic E-state index is 0.0486. The van der Waals surface area contributed by atoms with E-state index in [0.717, 1.165) is 18.9 Å². The van der Waals surface area contributed by atoms with Crippen LogP contribution in [-0.2, 0) is 11.0 Å². The minimum atomic E-state index is -4.35. The Balaban J connectivity index is 1.97. The second-order valence-corrected chi connectivity index (χ2v) is 5.96. The molecule has 7 heteroatoms. The van der Waals surface area contributed by atoms with Crippen molar-refractivity contribution in [3.05, 3.63) is 28.0 Å². The Morgan fingerprint density at radius 2 is 2.29 bits per heavy atom. The molecule has 1 atom stereocenters. The van der Waals surface area contributed by atoms with Gasteiger partial charge in [0.05, 0.1) is 0 Å². The highest BCUT2D eigenvalue weighted by atomic mass is 32.1. The largest absolute Gasteiger partial charge is 0.425 e. The lowest BCUT2D eigenvalue weighted by Crippen LogP contribution is -2.40. The number of aliphatic hydroxyl groups is 1. The van der Waals surface area contributed by atoms with Crippen LogP contribution >= 0.6 is 11.3 Å². The molecule has 0 bridgehead atoms. The molecule has 0 aliphatic carbocycles. The van der Waals surface area contributed by atoms with Crippen molar-refractivity contribution in [1.29, 1.82) is 0 Å². The van der Waals surface area contributed by atoms with Crippen LogP contribution < -0.4 is 0 Å². The summed E-state index contributed by atoms with van der Waals surface area (Å²) in [5.74, 6) is -0.137. The molecule has 3 nitrogen and oxygen atoms in total. The fourth-order valence-electron chi connectivity index (χ4n) is 2.27. The summed E-state index contributed by atoms with van der Waals surface area (Å²) in [6.45, 7) is 1.17. The molecule has 1 aliphatic rings. The van der Waals surface area contributed by atoms with Crippen molar-refractivity contribution in [3.8, 4) is 0 Å². The normalized spacial score (nSPS) is 20.2. The van der Waals surface area contributed by atoms with Gasteiger partial charge in [0.2, 0.25) is 5.91 Å². The third-order valence-corrected chi connectivity index (χ3v) is 4.40. The average Bonchev–Trinajstić information content (AvgIpc) is 2.94.